The van der Waals surface area contributed by atoms with E-state index in [4.69, 9.17) is 15.5 Å². The molecule has 1 aliphatic rings. The third-order valence-electron chi connectivity index (χ3n) is 3.48. The van der Waals surface area contributed by atoms with Crippen LogP contribution in [0.3, 0.4) is 0 Å². The zero-order valence-electron chi connectivity index (χ0n) is 11.4. The van der Waals surface area contributed by atoms with Crippen LogP contribution in [0.5, 0.6) is 0 Å². The number of hydrogen-bond donors (Lipinski definition) is 1. The molecule has 1 saturated heterocycles. The normalized spacial score (nSPS) is 16.4. The number of thiazole rings is 1. The summed E-state index contributed by atoms with van der Waals surface area (Å²) >= 11 is 1.73. The van der Waals surface area contributed by atoms with E-state index in [2.05, 4.69) is 16.3 Å². The lowest BCUT2D eigenvalue weighted by molar-refractivity contribution is 0.0384. The molecule has 1 aromatic carbocycles. The van der Waals surface area contributed by atoms with Gasteiger partial charge in [-0.25, -0.2) is 4.98 Å². The maximum absolute atomic E-state index is 5.82. The molecule has 2 N–H and O–H groups in total. The molecule has 20 heavy (non-hydrogen) atoms. The fourth-order valence-corrected chi connectivity index (χ4v) is 3.13. The van der Waals surface area contributed by atoms with E-state index in [0.717, 1.165) is 56.2 Å². The molecule has 0 saturated carbocycles. The molecule has 4 nitrogen and oxygen atoms in total. The number of nitrogen functional groups attached to an aromatic ring is 1. The van der Waals surface area contributed by atoms with E-state index in [-0.39, 0.29) is 0 Å². The number of ether oxygens (including phenoxy) is 1. The van der Waals surface area contributed by atoms with Crippen LogP contribution in [0, 0.1) is 0 Å². The highest BCUT2D eigenvalue weighted by Gasteiger charge is 2.11. The number of morpholine rings is 1. The Kier molecular flexibility index (Phi) is 4.30. The predicted molar refractivity (Wildman–Crippen MR) is 82.9 cm³/mol. The zero-order valence-corrected chi connectivity index (χ0v) is 12.2. The maximum atomic E-state index is 5.82. The van der Waals surface area contributed by atoms with Crippen molar-refractivity contribution in [2.24, 2.45) is 0 Å². The molecule has 0 bridgehead atoms. The Bertz CT molecular complexity index is 564. The molecule has 0 radical (unpaired) electrons. The van der Waals surface area contributed by atoms with E-state index < -0.39 is 0 Å². The van der Waals surface area contributed by atoms with Crippen LogP contribution in [0.25, 0.3) is 11.3 Å². The van der Waals surface area contributed by atoms with Crippen LogP contribution in [-0.2, 0) is 11.2 Å². The number of benzene rings is 1. The minimum atomic E-state index is 0.783. The minimum absolute atomic E-state index is 0.783. The fraction of sp³-hybridized carbons (Fsp3) is 0.400. The van der Waals surface area contributed by atoms with Crippen molar-refractivity contribution in [3.05, 3.63) is 34.7 Å². The molecule has 0 unspecified atom stereocenters. The van der Waals surface area contributed by atoms with Gasteiger partial charge in [-0.3, -0.25) is 4.90 Å². The second kappa shape index (κ2) is 6.35. The Labute approximate surface area is 123 Å². The van der Waals surface area contributed by atoms with Gasteiger partial charge in [0.15, 0.2) is 0 Å². The quantitative estimate of drug-likeness (QED) is 0.877. The van der Waals surface area contributed by atoms with Crippen LogP contribution >= 0.6 is 11.3 Å². The molecule has 3 rings (SSSR count). The summed E-state index contributed by atoms with van der Waals surface area (Å²) in [6.45, 7) is 4.84. The smallest absolute Gasteiger partial charge is 0.0945 e. The van der Waals surface area contributed by atoms with E-state index in [1.807, 2.05) is 18.2 Å². The van der Waals surface area contributed by atoms with Gasteiger partial charge in [0.2, 0.25) is 0 Å². The highest BCUT2D eigenvalue weighted by molar-refractivity contribution is 7.09. The highest BCUT2D eigenvalue weighted by Crippen LogP contribution is 2.23. The second-order valence-electron chi connectivity index (χ2n) is 4.96. The maximum Gasteiger partial charge on any atom is 0.0945 e. The van der Waals surface area contributed by atoms with Crippen molar-refractivity contribution in [2.45, 2.75) is 6.42 Å². The first-order chi connectivity index (χ1) is 9.81. The molecule has 5 heteroatoms. The minimum Gasteiger partial charge on any atom is -0.399 e. The lowest BCUT2D eigenvalue weighted by Crippen LogP contribution is -2.37. The molecule has 0 spiro atoms. The Balaban J connectivity index is 1.61. The third kappa shape index (κ3) is 3.36. The van der Waals surface area contributed by atoms with Crippen LogP contribution in [0.15, 0.2) is 29.6 Å². The van der Waals surface area contributed by atoms with Gasteiger partial charge in [0.05, 0.1) is 23.9 Å². The van der Waals surface area contributed by atoms with Crippen LogP contribution < -0.4 is 5.73 Å². The van der Waals surface area contributed by atoms with Crippen molar-refractivity contribution < 1.29 is 4.74 Å². The van der Waals surface area contributed by atoms with Gasteiger partial charge in [0.25, 0.3) is 0 Å². The van der Waals surface area contributed by atoms with E-state index in [1.54, 1.807) is 11.3 Å². The molecule has 2 heterocycles. The number of nitrogens with two attached hydrogens (primary N) is 1. The largest absolute Gasteiger partial charge is 0.399 e. The first-order valence-electron chi connectivity index (χ1n) is 6.92. The summed E-state index contributed by atoms with van der Waals surface area (Å²) in [4.78, 5) is 7.15. The molecule has 1 fully saturated rings. The molecule has 106 valence electrons. The summed E-state index contributed by atoms with van der Waals surface area (Å²) in [6.07, 6.45) is 1.01. The molecule has 1 aliphatic heterocycles. The summed E-state index contributed by atoms with van der Waals surface area (Å²) in [5, 5.41) is 3.30. The standard InChI is InChI=1S/C15H19N3OS/c16-13-3-1-2-12(10-13)14-11-20-15(17-14)4-5-18-6-8-19-9-7-18/h1-3,10-11H,4-9,16H2. The van der Waals surface area contributed by atoms with Crippen molar-refractivity contribution in [3.8, 4) is 11.3 Å². The summed E-state index contributed by atoms with van der Waals surface area (Å²) in [6, 6.07) is 7.89. The number of hydrogen-bond acceptors (Lipinski definition) is 5. The molecule has 1 aromatic heterocycles. The molecule has 0 amide bonds. The van der Waals surface area contributed by atoms with Crippen LogP contribution in [0.1, 0.15) is 5.01 Å². The fourth-order valence-electron chi connectivity index (χ4n) is 2.33. The molecule has 0 aliphatic carbocycles. The van der Waals surface area contributed by atoms with Gasteiger partial charge in [-0.2, -0.15) is 0 Å². The van der Waals surface area contributed by atoms with Gasteiger partial charge in [-0.05, 0) is 12.1 Å². The predicted octanol–water partition coefficient (Wildman–Crippen LogP) is 2.27. The Morgan fingerprint density at radius 2 is 2.15 bits per heavy atom. The molecule has 2 aromatic rings. The van der Waals surface area contributed by atoms with E-state index in [9.17, 15) is 0 Å². The summed E-state index contributed by atoms with van der Waals surface area (Å²) in [5.74, 6) is 0. The Morgan fingerprint density at radius 3 is 2.95 bits per heavy atom. The van der Waals surface area contributed by atoms with Crippen molar-refractivity contribution in [1.82, 2.24) is 9.88 Å². The second-order valence-corrected chi connectivity index (χ2v) is 5.90. The van der Waals surface area contributed by atoms with E-state index in [1.165, 1.54) is 5.01 Å². The van der Waals surface area contributed by atoms with Gasteiger partial charge in [-0.1, -0.05) is 12.1 Å². The van der Waals surface area contributed by atoms with Crippen molar-refractivity contribution in [1.29, 1.82) is 0 Å². The van der Waals surface area contributed by atoms with Crippen molar-refractivity contribution >= 4 is 17.0 Å². The first kappa shape index (κ1) is 13.5. The number of aromatic nitrogens is 1. The van der Waals surface area contributed by atoms with Gasteiger partial charge in [0.1, 0.15) is 0 Å². The van der Waals surface area contributed by atoms with E-state index in [0.29, 0.717) is 0 Å². The Morgan fingerprint density at radius 1 is 1.30 bits per heavy atom. The zero-order chi connectivity index (χ0) is 13.8. The van der Waals surface area contributed by atoms with Crippen LogP contribution in [-0.4, -0.2) is 42.7 Å². The van der Waals surface area contributed by atoms with Gasteiger partial charge < -0.3 is 10.5 Å². The SMILES string of the molecule is Nc1cccc(-c2csc(CCN3CCOCC3)n2)c1. The molecular weight excluding hydrogens is 270 g/mol. The topological polar surface area (TPSA) is 51.4 Å². The lowest BCUT2D eigenvalue weighted by atomic mass is 10.1. The lowest BCUT2D eigenvalue weighted by Gasteiger charge is -2.25. The monoisotopic (exact) mass is 289 g/mol. The average molecular weight is 289 g/mol. The van der Waals surface area contributed by atoms with Crippen LogP contribution in [0.4, 0.5) is 5.69 Å². The number of nitrogens with zero attached hydrogens (tertiary/aromatic N) is 2. The van der Waals surface area contributed by atoms with Crippen LogP contribution in [0.2, 0.25) is 0 Å². The Hall–Kier alpha value is -1.43. The molecular formula is C15H19N3OS. The van der Waals surface area contributed by atoms with Gasteiger partial charge >= 0.3 is 0 Å². The first-order valence-corrected chi connectivity index (χ1v) is 7.79. The number of rotatable bonds is 4. The van der Waals surface area contributed by atoms with E-state index >= 15 is 0 Å². The average Bonchev–Trinajstić information content (AvgIpc) is 2.95. The van der Waals surface area contributed by atoms with Crippen molar-refractivity contribution in [3.63, 3.8) is 0 Å². The number of anilines is 1. The van der Waals surface area contributed by atoms with Gasteiger partial charge in [-0.15, -0.1) is 11.3 Å². The molecule has 0 atom stereocenters. The summed E-state index contributed by atoms with van der Waals surface area (Å²) < 4.78 is 5.36. The third-order valence-corrected chi connectivity index (χ3v) is 4.39. The summed E-state index contributed by atoms with van der Waals surface area (Å²) in [5.41, 5.74) is 8.72. The van der Waals surface area contributed by atoms with Gasteiger partial charge in [0, 0.05) is 42.7 Å². The van der Waals surface area contributed by atoms with Crippen molar-refractivity contribution in [2.75, 3.05) is 38.6 Å². The highest BCUT2D eigenvalue weighted by atomic mass is 32.1. The summed E-state index contributed by atoms with van der Waals surface area (Å²) in [7, 11) is 0.